The zero-order chi connectivity index (χ0) is 12.8. The van der Waals surface area contributed by atoms with E-state index in [1.807, 2.05) is 12.5 Å². The first-order valence-corrected chi connectivity index (χ1v) is 6.60. The Balaban J connectivity index is 1.89. The molecule has 0 fully saturated rings. The van der Waals surface area contributed by atoms with Crippen molar-refractivity contribution < 1.29 is 0 Å². The maximum atomic E-state index is 6.06. The number of nitrogens with zero attached hydrogens (tertiary/aromatic N) is 2. The topological polar surface area (TPSA) is 43.8 Å². The van der Waals surface area contributed by atoms with Crippen LogP contribution in [-0.2, 0) is 13.0 Å². The first-order valence-electron chi connectivity index (χ1n) is 6.60. The molecule has 0 unspecified atom stereocenters. The first-order chi connectivity index (χ1) is 8.81. The van der Waals surface area contributed by atoms with Crippen LogP contribution in [0.1, 0.15) is 37.1 Å². The van der Waals surface area contributed by atoms with Crippen molar-refractivity contribution in [2.24, 2.45) is 5.73 Å². The quantitative estimate of drug-likeness (QED) is 0.847. The highest BCUT2D eigenvalue weighted by Crippen LogP contribution is 2.14. The molecule has 0 bridgehead atoms. The fraction of sp³-hybridized carbons (Fsp3) is 0.400. The predicted molar refractivity (Wildman–Crippen MR) is 74.2 cm³/mol. The smallest absolute Gasteiger partial charge is 0.0948 e. The van der Waals surface area contributed by atoms with E-state index in [2.05, 4.69) is 46.8 Å². The maximum Gasteiger partial charge on any atom is 0.0948 e. The zero-order valence-electron chi connectivity index (χ0n) is 10.9. The maximum absolute atomic E-state index is 6.06. The molecule has 0 spiro atoms. The lowest BCUT2D eigenvalue weighted by atomic mass is 10.1. The van der Waals surface area contributed by atoms with Gasteiger partial charge in [0.1, 0.15) is 0 Å². The largest absolute Gasteiger partial charge is 0.333 e. The van der Waals surface area contributed by atoms with Gasteiger partial charge in [0.25, 0.3) is 0 Å². The average molecular weight is 243 g/mol. The molecule has 0 aliphatic heterocycles. The van der Waals surface area contributed by atoms with Crippen LogP contribution in [0.25, 0.3) is 0 Å². The molecule has 0 aliphatic carbocycles. The molecule has 0 saturated heterocycles. The van der Waals surface area contributed by atoms with Gasteiger partial charge in [-0.1, -0.05) is 37.3 Å². The highest BCUT2D eigenvalue weighted by molar-refractivity contribution is 5.14. The van der Waals surface area contributed by atoms with Gasteiger partial charge >= 0.3 is 0 Å². The van der Waals surface area contributed by atoms with E-state index < -0.39 is 0 Å². The number of rotatable bonds is 6. The van der Waals surface area contributed by atoms with E-state index in [0.717, 1.165) is 31.5 Å². The van der Waals surface area contributed by atoms with Crippen LogP contribution in [0.4, 0.5) is 0 Å². The van der Waals surface area contributed by atoms with Gasteiger partial charge in [-0.2, -0.15) is 0 Å². The number of nitrogens with two attached hydrogens (primary N) is 1. The lowest BCUT2D eigenvalue weighted by Gasteiger charge is -2.12. The van der Waals surface area contributed by atoms with E-state index in [0.29, 0.717) is 0 Å². The number of imidazole rings is 1. The Morgan fingerprint density at radius 1 is 1.28 bits per heavy atom. The van der Waals surface area contributed by atoms with E-state index in [-0.39, 0.29) is 6.04 Å². The lowest BCUT2D eigenvalue weighted by Crippen LogP contribution is -2.14. The number of benzene rings is 1. The predicted octanol–water partition coefficient (Wildman–Crippen LogP) is 2.93. The minimum atomic E-state index is 0.101. The van der Waals surface area contributed by atoms with Crippen LogP contribution in [0.15, 0.2) is 42.9 Å². The van der Waals surface area contributed by atoms with Crippen LogP contribution in [0.5, 0.6) is 0 Å². The Morgan fingerprint density at radius 2 is 2.06 bits per heavy atom. The fourth-order valence-electron chi connectivity index (χ4n) is 2.13. The fourth-order valence-corrected chi connectivity index (χ4v) is 2.13. The highest BCUT2D eigenvalue weighted by atomic mass is 15.1. The van der Waals surface area contributed by atoms with Crippen molar-refractivity contribution in [3.05, 3.63) is 54.1 Å². The molecule has 3 heteroatoms. The third-order valence-electron chi connectivity index (χ3n) is 3.27. The third kappa shape index (κ3) is 3.20. The molecular formula is C15H21N3. The van der Waals surface area contributed by atoms with E-state index in [9.17, 15) is 0 Å². The molecule has 2 aromatic rings. The van der Waals surface area contributed by atoms with E-state index in [1.165, 1.54) is 5.56 Å². The molecule has 1 heterocycles. The third-order valence-corrected chi connectivity index (χ3v) is 3.27. The summed E-state index contributed by atoms with van der Waals surface area (Å²) in [5, 5.41) is 0. The molecule has 0 aliphatic rings. The van der Waals surface area contributed by atoms with Crippen molar-refractivity contribution in [1.29, 1.82) is 0 Å². The summed E-state index contributed by atoms with van der Waals surface area (Å²) in [5.74, 6) is 0. The van der Waals surface area contributed by atoms with Crippen LogP contribution in [0.3, 0.4) is 0 Å². The van der Waals surface area contributed by atoms with Gasteiger partial charge in [-0.25, -0.2) is 4.98 Å². The second-order valence-corrected chi connectivity index (χ2v) is 4.62. The first kappa shape index (κ1) is 12.8. The van der Waals surface area contributed by atoms with Gasteiger partial charge in [0.05, 0.1) is 12.0 Å². The number of aryl methyl sites for hydroxylation is 2. The molecule has 2 N–H and O–H groups in total. The molecule has 3 nitrogen and oxygen atoms in total. The van der Waals surface area contributed by atoms with E-state index in [4.69, 9.17) is 5.73 Å². The van der Waals surface area contributed by atoms with Crippen LogP contribution in [0.2, 0.25) is 0 Å². The van der Waals surface area contributed by atoms with Crippen LogP contribution in [0, 0.1) is 0 Å². The van der Waals surface area contributed by atoms with Gasteiger partial charge in [0, 0.05) is 18.8 Å². The van der Waals surface area contributed by atoms with Crippen molar-refractivity contribution in [2.75, 3.05) is 0 Å². The number of hydrogen-bond donors (Lipinski definition) is 1. The van der Waals surface area contributed by atoms with Crippen molar-refractivity contribution in [3.63, 3.8) is 0 Å². The van der Waals surface area contributed by atoms with Crippen LogP contribution < -0.4 is 5.73 Å². The lowest BCUT2D eigenvalue weighted by molar-refractivity contribution is 0.568. The molecule has 0 amide bonds. The Labute approximate surface area is 109 Å². The van der Waals surface area contributed by atoms with Gasteiger partial charge in [-0.05, 0) is 24.8 Å². The standard InChI is InChI=1S/C15H21N3/c1-2-14(16)15-11-17-12-18(15)10-6-9-13-7-4-3-5-8-13/h3-5,7-8,11-12,14H,2,6,9-10,16H2,1H3/t14-/m1/s1. The molecule has 2 rings (SSSR count). The Hall–Kier alpha value is -1.61. The molecule has 1 aromatic heterocycles. The Morgan fingerprint density at radius 3 is 2.78 bits per heavy atom. The van der Waals surface area contributed by atoms with Gasteiger partial charge in [0.2, 0.25) is 0 Å². The molecule has 1 aromatic carbocycles. The number of aromatic nitrogens is 2. The summed E-state index contributed by atoms with van der Waals surface area (Å²) >= 11 is 0. The summed E-state index contributed by atoms with van der Waals surface area (Å²) in [6, 6.07) is 10.7. The second-order valence-electron chi connectivity index (χ2n) is 4.62. The SMILES string of the molecule is CC[C@@H](N)c1cncn1CCCc1ccccc1. The van der Waals surface area contributed by atoms with Gasteiger partial charge in [0.15, 0.2) is 0 Å². The molecule has 1 atom stereocenters. The zero-order valence-corrected chi connectivity index (χ0v) is 10.9. The van der Waals surface area contributed by atoms with Gasteiger partial charge in [-0.15, -0.1) is 0 Å². The van der Waals surface area contributed by atoms with Crippen molar-refractivity contribution in [2.45, 2.75) is 38.8 Å². The molecule has 18 heavy (non-hydrogen) atoms. The summed E-state index contributed by atoms with van der Waals surface area (Å²) in [6.45, 7) is 3.09. The molecule has 0 saturated carbocycles. The van der Waals surface area contributed by atoms with Gasteiger partial charge < -0.3 is 10.3 Å². The summed E-state index contributed by atoms with van der Waals surface area (Å²) in [4.78, 5) is 4.20. The normalized spacial score (nSPS) is 12.6. The Kier molecular flexibility index (Phi) is 4.53. The summed E-state index contributed by atoms with van der Waals surface area (Å²) in [6.07, 6.45) is 6.93. The average Bonchev–Trinajstić information content (AvgIpc) is 2.87. The van der Waals surface area contributed by atoms with Crippen LogP contribution >= 0.6 is 0 Å². The molecule has 96 valence electrons. The monoisotopic (exact) mass is 243 g/mol. The molecule has 0 radical (unpaired) electrons. The minimum Gasteiger partial charge on any atom is -0.333 e. The van der Waals surface area contributed by atoms with Crippen LogP contribution in [-0.4, -0.2) is 9.55 Å². The summed E-state index contributed by atoms with van der Waals surface area (Å²) in [5.41, 5.74) is 8.59. The summed E-state index contributed by atoms with van der Waals surface area (Å²) < 4.78 is 2.18. The van der Waals surface area contributed by atoms with Crippen molar-refractivity contribution in [1.82, 2.24) is 9.55 Å². The minimum absolute atomic E-state index is 0.101. The number of hydrogen-bond acceptors (Lipinski definition) is 2. The summed E-state index contributed by atoms with van der Waals surface area (Å²) in [7, 11) is 0. The van der Waals surface area contributed by atoms with E-state index in [1.54, 1.807) is 0 Å². The van der Waals surface area contributed by atoms with E-state index >= 15 is 0 Å². The molecular weight excluding hydrogens is 222 g/mol. The highest BCUT2D eigenvalue weighted by Gasteiger charge is 2.08. The van der Waals surface area contributed by atoms with Crippen molar-refractivity contribution in [3.8, 4) is 0 Å². The van der Waals surface area contributed by atoms with Crippen molar-refractivity contribution >= 4 is 0 Å². The van der Waals surface area contributed by atoms with Gasteiger partial charge in [-0.3, -0.25) is 0 Å². The Bertz CT molecular complexity index is 462. The second kappa shape index (κ2) is 6.36.